The summed E-state index contributed by atoms with van der Waals surface area (Å²) in [6, 6.07) is 3.74. The van der Waals surface area contributed by atoms with Crippen LogP contribution in [0.15, 0.2) is 35.1 Å². The summed E-state index contributed by atoms with van der Waals surface area (Å²) < 4.78 is 19.4. The van der Waals surface area contributed by atoms with Crippen LogP contribution in [0.2, 0.25) is 0 Å². The maximum absolute atomic E-state index is 13.3. The predicted octanol–water partition coefficient (Wildman–Crippen LogP) is 3.99. The molecule has 0 aliphatic carbocycles. The first-order chi connectivity index (χ1) is 8.97. The van der Waals surface area contributed by atoms with Crippen LogP contribution in [-0.2, 0) is 0 Å². The number of nitro benzene ring substituents is 1. The third kappa shape index (κ3) is 3.05. The number of hydrogen-bond acceptors (Lipinski definition) is 4. The molecule has 0 saturated carbocycles. The zero-order valence-electron chi connectivity index (χ0n) is 9.76. The number of nitro groups is 1. The van der Waals surface area contributed by atoms with Crippen LogP contribution in [0.25, 0.3) is 0 Å². The molecule has 1 heterocycles. The van der Waals surface area contributed by atoms with Gasteiger partial charge >= 0.3 is 5.69 Å². The van der Waals surface area contributed by atoms with Gasteiger partial charge in [-0.3, -0.25) is 15.1 Å². The molecule has 0 amide bonds. The molecule has 98 valence electrons. The van der Waals surface area contributed by atoms with E-state index >= 15 is 0 Å². The first-order valence-corrected chi connectivity index (χ1v) is 5.99. The van der Waals surface area contributed by atoms with Crippen LogP contribution >= 0.6 is 15.9 Å². The van der Waals surface area contributed by atoms with E-state index in [1.54, 1.807) is 12.3 Å². The molecular weight excluding hydrogens is 319 g/mol. The largest absolute Gasteiger partial charge is 0.448 e. The molecule has 0 saturated heterocycles. The van der Waals surface area contributed by atoms with Gasteiger partial charge in [-0.1, -0.05) is 0 Å². The van der Waals surface area contributed by atoms with Gasteiger partial charge in [0.25, 0.3) is 0 Å². The minimum absolute atomic E-state index is 0.0243. The summed E-state index contributed by atoms with van der Waals surface area (Å²) >= 11 is 3.21. The second-order valence-corrected chi connectivity index (χ2v) is 4.68. The zero-order chi connectivity index (χ0) is 14.0. The molecule has 0 aliphatic heterocycles. The number of ether oxygens (including phenoxy) is 1. The smallest absolute Gasteiger partial charge is 0.314 e. The van der Waals surface area contributed by atoms with E-state index in [0.717, 1.165) is 6.07 Å². The summed E-state index contributed by atoms with van der Waals surface area (Å²) in [7, 11) is 0. The fourth-order valence-corrected chi connectivity index (χ4v) is 1.79. The normalized spacial score (nSPS) is 10.3. The van der Waals surface area contributed by atoms with E-state index in [1.807, 2.05) is 0 Å². The van der Waals surface area contributed by atoms with E-state index < -0.39 is 16.4 Å². The predicted molar refractivity (Wildman–Crippen MR) is 69.8 cm³/mol. The second kappa shape index (κ2) is 5.31. The number of rotatable bonds is 3. The van der Waals surface area contributed by atoms with E-state index in [1.165, 1.54) is 19.2 Å². The number of aromatic nitrogens is 1. The highest BCUT2D eigenvalue weighted by Crippen LogP contribution is 2.33. The van der Waals surface area contributed by atoms with Crippen molar-refractivity contribution in [3.63, 3.8) is 0 Å². The van der Waals surface area contributed by atoms with Crippen molar-refractivity contribution < 1.29 is 14.1 Å². The monoisotopic (exact) mass is 326 g/mol. The quantitative estimate of drug-likeness (QED) is 0.631. The summed E-state index contributed by atoms with van der Waals surface area (Å²) in [5, 5.41) is 10.9. The van der Waals surface area contributed by atoms with E-state index in [-0.39, 0.29) is 11.3 Å². The van der Waals surface area contributed by atoms with Gasteiger partial charge in [-0.2, -0.15) is 0 Å². The fraction of sp³-hybridized carbons (Fsp3) is 0.0833. The van der Waals surface area contributed by atoms with Crippen molar-refractivity contribution in [2.24, 2.45) is 0 Å². The summed E-state index contributed by atoms with van der Waals surface area (Å²) in [5.74, 6) is -0.348. The zero-order valence-corrected chi connectivity index (χ0v) is 11.3. The Bertz CT molecular complexity index is 649. The molecule has 7 heteroatoms. The van der Waals surface area contributed by atoms with E-state index in [4.69, 9.17) is 4.74 Å². The van der Waals surface area contributed by atoms with Crippen LogP contribution in [0.5, 0.6) is 11.5 Å². The molecule has 19 heavy (non-hydrogen) atoms. The van der Waals surface area contributed by atoms with Gasteiger partial charge in [-0.25, -0.2) is 4.39 Å². The minimum Gasteiger partial charge on any atom is -0.448 e. The van der Waals surface area contributed by atoms with E-state index in [9.17, 15) is 14.5 Å². The summed E-state index contributed by atoms with van der Waals surface area (Å²) in [6.45, 7) is 1.51. The molecule has 0 fully saturated rings. The third-order valence-electron chi connectivity index (χ3n) is 2.34. The molecule has 2 rings (SSSR count). The van der Waals surface area contributed by atoms with Crippen molar-refractivity contribution in [2.45, 2.75) is 6.92 Å². The van der Waals surface area contributed by atoms with Crippen LogP contribution in [0.3, 0.4) is 0 Å². The molecule has 0 radical (unpaired) electrons. The van der Waals surface area contributed by atoms with Crippen LogP contribution in [0, 0.1) is 22.9 Å². The van der Waals surface area contributed by atoms with E-state index in [2.05, 4.69) is 20.9 Å². The number of aryl methyl sites for hydroxylation is 1. The van der Waals surface area contributed by atoms with Crippen molar-refractivity contribution in [3.05, 3.63) is 56.6 Å². The molecule has 5 nitrogen and oxygen atoms in total. The van der Waals surface area contributed by atoms with Crippen molar-refractivity contribution >= 4 is 21.6 Å². The highest BCUT2D eigenvalue weighted by molar-refractivity contribution is 9.10. The second-order valence-electron chi connectivity index (χ2n) is 3.77. The van der Waals surface area contributed by atoms with E-state index in [0.29, 0.717) is 10.2 Å². The summed E-state index contributed by atoms with van der Waals surface area (Å²) in [6.07, 6.45) is 2.96. The molecule has 0 bridgehead atoms. The lowest BCUT2D eigenvalue weighted by Crippen LogP contribution is -1.96. The molecular formula is C12H8BrFN2O3. The van der Waals surface area contributed by atoms with Crippen LogP contribution in [-0.4, -0.2) is 9.91 Å². The van der Waals surface area contributed by atoms with Gasteiger partial charge in [-0.15, -0.1) is 0 Å². The summed E-state index contributed by atoms with van der Waals surface area (Å²) in [4.78, 5) is 14.1. The molecule has 2 aromatic rings. The standard InChI is InChI=1S/C12H8BrFN2O3/c1-7-2-12(11(16(17)18)4-10(7)14)19-9-3-8(13)5-15-6-9/h2-6H,1H3. The van der Waals surface area contributed by atoms with Crippen molar-refractivity contribution in [1.29, 1.82) is 0 Å². The molecule has 0 aliphatic rings. The Labute approximate surface area is 116 Å². The van der Waals surface area contributed by atoms with Gasteiger partial charge in [0.05, 0.1) is 17.2 Å². The average molecular weight is 327 g/mol. The Morgan fingerprint density at radius 1 is 1.37 bits per heavy atom. The molecule has 0 unspecified atom stereocenters. The topological polar surface area (TPSA) is 65.3 Å². The Balaban J connectivity index is 2.44. The van der Waals surface area contributed by atoms with Gasteiger partial charge in [0.2, 0.25) is 5.75 Å². The highest BCUT2D eigenvalue weighted by atomic mass is 79.9. The van der Waals surface area contributed by atoms with Crippen molar-refractivity contribution in [2.75, 3.05) is 0 Å². The number of nitrogens with zero attached hydrogens (tertiary/aromatic N) is 2. The van der Waals surface area contributed by atoms with Crippen molar-refractivity contribution in [1.82, 2.24) is 4.98 Å². The minimum atomic E-state index is -0.691. The molecule has 0 atom stereocenters. The Hall–Kier alpha value is -2.02. The molecule has 0 N–H and O–H groups in total. The number of hydrogen-bond donors (Lipinski definition) is 0. The van der Waals surface area contributed by atoms with Crippen LogP contribution < -0.4 is 4.74 Å². The maximum Gasteiger partial charge on any atom is 0.314 e. The van der Waals surface area contributed by atoms with Gasteiger partial charge in [0.15, 0.2) is 0 Å². The number of halogens is 2. The van der Waals surface area contributed by atoms with Crippen molar-refractivity contribution in [3.8, 4) is 11.5 Å². The highest BCUT2D eigenvalue weighted by Gasteiger charge is 2.19. The number of benzene rings is 1. The van der Waals surface area contributed by atoms with Gasteiger partial charge in [-0.05, 0) is 40.5 Å². The fourth-order valence-electron chi connectivity index (χ4n) is 1.44. The van der Waals surface area contributed by atoms with Gasteiger partial charge in [0.1, 0.15) is 11.6 Å². The first-order valence-electron chi connectivity index (χ1n) is 5.20. The average Bonchev–Trinajstić information content (AvgIpc) is 2.33. The van der Waals surface area contributed by atoms with Gasteiger partial charge < -0.3 is 4.74 Å². The molecule has 1 aromatic heterocycles. The Kier molecular flexibility index (Phi) is 3.75. The molecule has 0 spiro atoms. The maximum atomic E-state index is 13.3. The molecule has 1 aromatic carbocycles. The SMILES string of the molecule is Cc1cc(Oc2cncc(Br)c2)c([N+](=O)[O-])cc1F. The van der Waals surface area contributed by atoms with Crippen LogP contribution in [0.1, 0.15) is 5.56 Å². The first kappa shape index (κ1) is 13.4. The third-order valence-corrected chi connectivity index (χ3v) is 2.78. The summed E-state index contributed by atoms with van der Waals surface area (Å²) in [5.41, 5.74) is -0.161. The Morgan fingerprint density at radius 2 is 2.11 bits per heavy atom. The Morgan fingerprint density at radius 3 is 2.74 bits per heavy atom. The van der Waals surface area contributed by atoms with Crippen LogP contribution in [0.4, 0.5) is 10.1 Å². The van der Waals surface area contributed by atoms with Gasteiger partial charge in [0, 0.05) is 10.7 Å². The number of pyridine rings is 1. The lowest BCUT2D eigenvalue weighted by Gasteiger charge is -2.07. The lowest BCUT2D eigenvalue weighted by molar-refractivity contribution is -0.385. The lowest BCUT2D eigenvalue weighted by atomic mass is 10.2.